The van der Waals surface area contributed by atoms with E-state index in [1.807, 2.05) is 13.8 Å². The number of halogens is 3. The molecule has 1 amide bonds. The van der Waals surface area contributed by atoms with Crippen LogP contribution in [-0.4, -0.2) is 40.2 Å². The fourth-order valence-electron chi connectivity index (χ4n) is 2.68. The van der Waals surface area contributed by atoms with Crippen molar-refractivity contribution in [3.05, 3.63) is 47.3 Å². The summed E-state index contributed by atoms with van der Waals surface area (Å²) < 4.78 is 40.1. The standard InChI is InChI=1S/C19H25F3N4O/c1-12(2)17(23)8-9-25(4)18(27)16-11-24-26(13(16)3)15-7-5-6-14(10-15)19(20,21)22/h5-7,10-12,17H,8-9,23H2,1-4H3. The number of amides is 1. The topological polar surface area (TPSA) is 64.2 Å². The minimum atomic E-state index is -4.44. The second-order valence-corrected chi connectivity index (χ2v) is 7.03. The minimum Gasteiger partial charge on any atom is -0.342 e. The molecule has 1 heterocycles. The van der Waals surface area contributed by atoms with Gasteiger partial charge in [0.05, 0.1) is 28.7 Å². The van der Waals surface area contributed by atoms with Gasteiger partial charge in [0.25, 0.3) is 5.91 Å². The van der Waals surface area contributed by atoms with Crippen LogP contribution in [0, 0.1) is 12.8 Å². The Labute approximate surface area is 157 Å². The van der Waals surface area contributed by atoms with E-state index in [1.165, 1.54) is 23.0 Å². The van der Waals surface area contributed by atoms with Crippen LogP contribution in [0.15, 0.2) is 30.5 Å². The van der Waals surface area contributed by atoms with Gasteiger partial charge in [0.1, 0.15) is 0 Å². The maximum atomic E-state index is 12.9. The third-order valence-electron chi connectivity index (χ3n) is 4.66. The Kier molecular flexibility index (Phi) is 6.30. The van der Waals surface area contributed by atoms with E-state index in [2.05, 4.69) is 5.10 Å². The molecule has 0 fully saturated rings. The molecule has 2 aromatic rings. The van der Waals surface area contributed by atoms with E-state index < -0.39 is 11.7 Å². The monoisotopic (exact) mass is 382 g/mol. The number of alkyl halides is 3. The second-order valence-electron chi connectivity index (χ2n) is 7.03. The number of rotatable bonds is 6. The quantitative estimate of drug-likeness (QED) is 0.830. The van der Waals surface area contributed by atoms with Crippen molar-refractivity contribution in [2.24, 2.45) is 11.7 Å². The summed E-state index contributed by atoms with van der Waals surface area (Å²) >= 11 is 0. The maximum absolute atomic E-state index is 12.9. The number of carbonyl (C=O) groups is 1. The Bertz CT molecular complexity index is 798. The highest BCUT2D eigenvalue weighted by molar-refractivity contribution is 5.95. The number of hydrogen-bond donors (Lipinski definition) is 1. The van der Waals surface area contributed by atoms with Gasteiger partial charge in [-0.25, -0.2) is 4.68 Å². The molecule has 1 aromatic heterocycles. The molecule has 0 saturated heterocycles. The number of nitrogens with zero attached hydrogens (tertiary/aromatic N) is 3. The molecule has 5 nitrogen and oxygen atoms in total. The van der Waals surface area contributed by atoms with E-state index in [0.29, 0.717) is 30.1 Å². The normalized spacial score (nSPS) is 13.1. The zero-order valence-electron chi connectivity index (χ0n) is 15.9. The van der Waals surface area contributed by atoms with E-state index in [4.69, 9.17) is 5.73 Å². The first-order chi connectivity index (χ1) is 12.5. The molecule has 0 aliphatic carbocycles. The lowest BCUT2D eigenvalue weighted by atomic mass is 10.0. The third-order valence-corrected chi connectivity index (χ3v) is 4.66. The van der Waals surface area contributed by atoms with Crippen LogP contribution < -0.4 is 5.73 Å². The Morgan fingerprint density at radius 2 is 2.00 bits per heavy atom. The largest absolute Gasteiger partial charge is 0.416 e. The van der Waals surface area contributed by atoms with Gasteiger partial charge >= 0.3 is 6.18 Å². The molecule has 0 aliphatic heterocycles. The molecule has 8 heteroatoms. The first-order valence-electron chi connectivity index (χ1n) is 8.75. The second kappa shape index (κ2) is 8.12. The third kappa shape index (κ3) is 4.88. The van der Waals surface area contributed by atoms with Crippen LogP contribution in [0.2, 0.25) is 0 Å². The molecule has 148 valence electrons. The Morgan fingerprint density at radius 3 is 2.59 bits per heavy atom. The van der Waals surface area contributed by atoms with Crippen LogP contribution in [-0.2, 0) is 6.18 Å². The number of benzene rings is 1. The van der Waals surface area contributed by atoms with Gasteiger partial charge in [-0.05, 0) is 37.5 Å². The average molecular weight is 382 g/mol. The highest BCUT2D eigenvalue weighted by Gasteiger charge is 2.31. The number of nitrogens with two attached hydrogens (primary N) is 1. The number of carbonyl (C=O) groups excluding carboxylic acids is 1. The molecule has 0 saturated carbocycles. The summed E-state index contributed by atoms with van der Waals surface area (Å²) in [4.78, 5) is 14.2. The molecule has 1 aromatic carbocycles. The molecule has 0 spiro atoms. The van der Waals surface area contributed by atoms with Crippen LogP contribution in [0.5, 0.6) is 0 Å². The zero-order valence-corrected chi connectivity index (χ0v) is 15.9. The lowest BCUT2D eigenvalue weighted by Gasteiger charge is -2.21. The van der Waals surface area contributed by atoms with Gasteiger partial charge in [-0.15, -0.1) is 0 Å². The first kappa shape index (κ1) is 21.0. The summed E-state index contributed by atoms with van der Waals surface area (Å²) in [7, 11) is 1.68. The molecule has 0 bridgehead atoms. The molecule has 1 atom stereocenters. The molecule has 0 aliphatic rings. The average Bonchev–Trinajstić information content (AvgIpc) is 2.99. The van der Waals surface area contributed by atoms with E-state index in [1.54, 1.807) is 18.9 Å². The lowest BCUT2D eigenvalue weighted by molar-refractivity contribution is -0.137. The molecule has 27 heavy (non-hydrogen) atoms. The summed E-state index contributed by atoms with van der Waals surface area (Å²) in [6.07, 6.45) is -2.39. The summed E-state index contributed by atoms with van der Waals surface area (Å²) in [5, 5.41) is 4.11. The SMILES string of the molecule is Cc1c(C(=O)N(C)CCC(N)C(C)C)cnn1-c1cccc(C(F)(F)F)c1. The fourth-order valence-corrected chi connectivity index (χ4v) is 2.68. The van der Waals surface area contributed by atoms with Crippen molar-refractivity contribution in [1.82, 2.24) is 14.7 Å². The molecular weight excluding hydrogens is 357 g/mol. The van der Waals surface area contributed by atoms with Gasteiger partial charge in [-0.2, -0.15) is 18.3 Å². The Morgan fingerprint density at radius 1 is 1.33 bits per heavy atom. The highest BCUT2D eigenvalue weighted by Crippen LogP contribution is 2.30. The maximum Gasteiger partial charge on any atom is 0.416 e. The minimum absolute atomic E-state index is 0.00539. The molecule has 0 radical (unpaired) electrons. The van der Waals surface area contributed by atoms with E-state index >= 15 is 0 Å². The smallest absolute Gasteiger partial charge is 0.342 e. The van der Waals surface area contributed by atoms with Gasteiger partial charge in [0.15, 0.2) is 0 Å². The van der Waals surface area contributed by atoms with Gasteiger partial charge in [-0.3, -0.25) is 4.79 Å². The van der Waals surface area contributed by atoms with Gasteiger partial charge < -0.3 is 10.6 Å². The van der Waals surface area contributed by atoms with E-state index in [0.717, 1.165) is 12.1 Å². The zero-order chi connectivity index (χ0) is 20.4. The van der Waals surface area contributed by atoms with Crippen LogP contribution in [0.25, 0.3) is 5.69 Å². The summed E-state index contributed by atoms with van der Waals surface area (Å²) in [6, 6.07) is 4.85. The first-order valence-corrected chi connectivity index (χ1v) is 8.75. The number of hydrogen-bond acceptors (Lipinski definition) is 3. The van der Waals surface area contributed by atoms with Crippen molar-refractivity contribution in [1.29, 1.82) is 0 Å². The van der Waals surface area contributed by atoms with Gasteiger partial charge in [0.2, 0.25) is 0 Å². The molecule has 1 unspecified atom stereocenters. The molecular formula is C19H25F3N4O. The van der Waals surface area contributed by atoms with Gasteiger partial charge in [0, 0.05) is 19.6 Å². The van der Waals surface area contributed by atoms with Crippen LogP contribution in [0.3, 0.4) is 0 Å². The highest BCUT2D eigenvalue weighted by atomic mass is 19.4. The molecule has 2 N–H and O–H groups in total. The predicted octanol–water partition coefficient (Wildman–Crippen LogP) is 3.64. The van der Waals surface area contributed by atoms with E-state index in [-0.39, 0.29) is 17.6 Å². The Hall–Kier alpha value is -2.35. The van der Waals surface area contributed by atoms with Crippen molar-refractivity contribution in [2.75, 3.05) is 13.6 Å². The Balaban J connectivity index is 2.21. The summed E-state index contributed by atoms with van der Waals surface area (Å²) in [5.74, 6) is 0.0839. The van der Waals surface area contributed by atoms with Crippen molar-refractivity contribution < 1.29 is 18.0 Å². The van der Waals surface area contributed by atoms with Crippen LogP contribution in [0.1, 0.15) is 41.9 Å². The summed E-state index contributed by atoms with van der Waals surface area (Å²) in [6.45, 7) is 6.20. The van der Waals surface area contributed by atoms with E-state index in [9.17, 15) is 18.0 Å². The van der Waals surface area contributed by atoms with Crippen molar-refractivity contribution in [3.63, 3.8) is 0 Å². The molecule has 2 rings (SSSR count). The predicted molar refractivity (Wildman–Crippen MR) is 97.7 cm³/mol. The van der Waals surface area contributed by atoms with Crippen LogP contribution >= 0.6 is 0 Å². The van der Waals surface area contributed by atoms with Crippen LogP contribution in [0.4, 0.5) is 13.2 Å². The van der Waals surface area contributed by atoms with Crippen molar-refractivity contribution in [3.8, 4) is 5.69 Å². The van der Waals surface area contributed by atoms with Crippen molar-refractivity contribution >= 4 is 5.91 Å². The lowest BCUT2D eigenvalue weighted by Crippen LogP contribution is -2.34. The fraction of sp³-hybridized carbons (Fsp3) is 0.474. The van der Waals surface area contributed by atoms with Gasteiger partial charge in [-0.1, -0.05) is 19.9 Å². The van der Waals surface area contributed by atoms with Crippen molar-refractivity contribution in [2.45, 2.75) is 39.4 Å². The summed E-state index contributed by atoms with van der Waals surface area (Å²) in [5.41, 5.74) is 6.35. The number of aromatic nitrogens is 2.